The summed E-state index contributed by atoms with van der Waals surface area (Å²) in [7, 11) is 0. The lowest BCUT2D eigenvalue weighted by molar-refractivity contribution is 0.0407. The minimum absolute atomic E-state index is 0.0401. The molecule has 5 nitrogen and oxygen atoms in total. The number of rotatable bonds is 4. The molecule has 0 N–H and O–H groups in total. The molecule has 2 aromatic heterocycles. The maximum Gasteiger partial charge on any atom is 0.270 e. The van der Waals surface area contributed by atoms with Crippen molar-refractivity contribution >= 4 is 33.4 Å². The van der Waals surface area contributed by atoms with E-state index in [1.807, 2.05) is 35.1 Å². The number of amides is 2. The summed E-state index contributed by atoms with van der Waals surface area (Å²) in [4.78, 5) is 30.8. The van der Waals surface area contributed by atoms with Crippen LogP contribution in [0.2, 0.25) is 0 Å². The van der Waals surface area contributed by atoms with Gasteiger partial charge in [-0.2, -0.15) is 0 Å². The lowest BCUT2D eigenvalue weighted by atomic mass is 10.1. The Morgan fingerprint density at radius 1 is 1.00 bits per heavy atom. The highest BCUT2D eigenvalue weighted by Crippen LogP contribution is 2.28. The molecule has 3 heterocycles. The zero-order valence-electron chi connectivity index (χ0n) is 18.6. The fraction of sp³-hybridized carbons (Fsp3) is 0.231. The van der Waals surface area contributed by atoms with Crippen LogP contribution in [-0.4, -0.2) is 51.9 Å². The van der Waals surface area contributed by atoms with Gasteiger partial charge in [0.1, 0.15) is 22.2 Å². The van der Waals surface area contributed by atoms with Crippen molar-refractivity contribution in [2.75, 3.05) is 19.6 Å². The molecule has 2 aromatic carbocycles. The summed E-state index contributed by atoms with van der Waals surface area (Å²) >= 11 is 1.54. The van der Waals surface area contributed by atoms with Crippen LogP contribution in [0.5, 0.6) is 0 Å². The molecule has 0 spiro atoms. The third-order valence-electron chi connectivity index (χ3n) is 6.23. The van der Waals surface area contributed by atoms with Crippen molar-refractivity contribution in [2.24, 2.45) is 0 Å². The molecule has 0 unspecified atom stereocenters. The number of benzene rings is 2. The fourth-order valence-corrected chi connectivity index (χ4v) is 5.42. The second-order valence-electron chi connectivity index (χ2n) is 8.51. The smallest absolute Gasteiger partial charge is 0.270 e. The normalized spacial score (nSPS) is 16.3. The van der Waals surface area contributed by atoms with E-state index in [0.29, 0.717) is 31.9 Å². The number of carbonyl (C=O) groups is 2. The van der Waals surface area contributed by atoms with Crippen LogP contribution in [0.25, 0.3) is 10.2 Å². The van der Waals surface area contributed by atoms with E-state index in [9.17, 15) is 18.4 Å². The average Bonchev–Trinajstić information content (AvgIpc) is 3.41. The SMILES string of the molecule is C[C@H]1CN(C(=O)c2cc3ccsc3n2Cc2cccc(F)c2)CCN1C(=O)c1ccccc1F. The van der Waals surface area contributed by atoms with E-state index >= 15 is 0 Å². The van der Waals surface area contributed by atoms with Crippen LogP contribution in [-0.2, 0) is 6.54 Å². The lowest BCUT2D eigenvalue weighted by Gasteiger charge is -2.40. The van der Waals surface area contributed by atoms with Crippen molar-refractivity contribution in [3.8, 4) is 0 Å². The van der Waals surface area contributed by atoms with Gasteiger partial charge in [0, 0.05) is 37.6 Å². The second-order valence-corrected chi connectivity index (χ2v) is 9.40. The zero-order chi connectivity index (χ0) is 23.8. The number of carbonyl (C=O) groups excluding carboxylic acids is 2. The molecule has 4 aromatic rings. The van der Waals surface area contributed by atoms with Crippen LogP contribution in [0, 0.1) is 11.6 Å². The topological polar surface area (TPSA) is 45.6 Å². The summed E-state index contributed by atoms with van der Waals surface area (Å²) in [5.41, 5.74) is 1.35. The highest BCUT2D eigenvalue weighted by atomic mass is 32.1. The molecule has 0 aliphatic carbocycles. The van der Waals surface area contributed by atoms with Crippen molar-refractivity contribution in [1.82, 2.24) is 14.4 Å². The Labute approximate surface area is 199 Å². The number of halogens is 2. The van der Waals surface area contributed by atoms with E-state index in [4.69, 9.17) is 0 Å². The predicted molar refractivity (Wildman–Crippen MR) is 128 cm³/mol. The van der Waals surface area contributed by atoms with Gasteiger partial charge in [-0.25, -0.2) is 8.78 Å². The molecule has 1 aliphatic rings. The van der Waals surface area contributed by atoms with Gasteiger partial charge in [-0.1, -0.05) is 24.3 Å². The van der Waals surface area contributed by atoms with Gasteiger partial charge in [0.25, 0.3) is 11.8 Å². The standard InChI is InChI=1S/C26H23F2N3O2S/c1-17-15-29(10-11-30(17)24(32)21-7-2-3-8-22(21)28)25(33)23-14-19-9-12-34-26(19)31(23)16-18-5-4-6-20(27)13-18/h2-9,12-14,17H,10-11,15-16H2,1H3/t17-/m0/s1. The van der Waals surface area contributed by atoms with Gasteiger partial charge < -0.3 is 14.4 Å². The summed E-state index contributed by atoms with van der Waals surface area (Å²) in [6, 6.07) is 15.9. The lowest BCUT2D eigenvalue weighted by Crippen LogP contribution is -2.55. The van der Waals surface area contributed by atoms with E-state index in [1.165, 1.54) is 35.6 Å². The van der Waals surface area contributed by atoms with Gasteiger partial charge >= 0.3 is 0 Å². The predicted octanol–water partition coefficient (Wildman–Crippen LogP) is 5.02. The van der Waals surface area contributed by atoms with Crippen molar-refractivity contribution in [3.05, 3.63) is 94.5 Å². The molecule has 0 bridgehead atoms. The first-order valence-corrected chi connectivity index (χ1v) is 12.0. The van der Waals surface area contributed by atoms with Crippen LogP contribution >= 0.6 is 11.3 Å². The van der Waals surface area contributed by atoms with Crippen LogP contribution in [0.1, 0.15) is 33.3 Å². The van der Waals surface area contributed by atoms with Gasteiger partial charge in [-0.3, -0.25) is 9.59 Å². The van der Waals surface area contributed by atoms with Gasteiger partial charge in [0.15, 0.2) is 0 Å². The maximum atomic E-state index is 14.1. The second kappa shape index (κ2) is 9.02. The Bertz CT molecular complexity index is 1380. The molecule has 1 saturated heterocycles. The molecule has 34 heavy (non-hydrogen) atoms. The van der Waals surface area contributed by atoms with E-state index in [2.05, 4.69) is 0 Å². The highest BCUT2D eigenvalue weighted by molar-refractivity contribution is 7.16. The van der Waals surface area contributed by atoms with Crippen molar-refractivity contribution in [1.29, 1.82) is 0 Å². The Morgan fingerprint density at radius 3 is 2.59 bits per heavy atom. The quantitative estimate of drug-likeness (QED) is 0.413. The molecule has 174 valence electrons. The molecule has 1 fully saturated rings. The van der Waals surface area contributed by atoms with E-state index in [0.717, 1.165) is 15.8 Å². The van der Waals surface area contributed by atoms with Gasteiger partial charge in [-0.05, 0) is 54.3 Å². The summed E-state index contributed by atoms with van der Waals surface area (Å²) in [6.45, 7) is 3.26. The number of thiophene rings is 1. The summed E-state index contributed by atoms with van der Waals surface area (Å²) in [6.07, 6.45) is 0. The van der Waals surface area contributed by atoms with Crippen LogP contribution in [0.15, 0.2) is 66.0 Å². The maximum absolute atomic E-state index is 14.1. The zero-order valence-corrected chi connectivity index (χ0v) is 19.4. The number of nitrogens with zero attached hydrogens (tertiary/aromatic N) is 3. The first-order chi connectivity index (χ1) is 16.4. The number of fused-ring (bicyclic) bond motifs is 1. The first kappa shape index (κ1) is 22.3. The van der Waals surface area contributed by atoms with Crippen molar-refractivity contribution in [2.45, 2.75) is 19.5 Å². The molecule has 1 atom stereocenters. The van der Waals surface area contributed by atoms with Crippen LogP contribution in [0.4, 0.5) is 8.78 Å². The molecule has 0 saturated carbocycles. The first-order valence-electron chi connectivity index (χ1n) is 11.1. The molecule has 5 rings (SSSR count). The van der Waals surface area contributed by atoms with Gasteiger partial charge in [-0.15, -0.1) is 11.3 Å². The molecule has 8 heteroatoms. The molecular weight excluding hydrogens is 456 g/mol. The largest absolute Gasteiger partial charge is 0.334 e. The Kier molecular flexibility index (Phi) is 5.91. The highest BCUT2D eigenvalue weighted by Gasteiger charge is 2.33. The Hall–Kier alpha value is -3.52. The Morgan fingerprint density at radius 2 is 1.82 bits per heavy atom. The van der Waals surface area contributed by atoms with Crippen molar-refractivity contribution in [3.63, 3.8) is 0 Å². The fourth-order valence-electron chi connectivity index (χ4n) is 4.52. The molecule has 2 amide bonds. The Balaban J connectivity index is 1.37. The summed E-state index contributed by atoms with van der Waals surface area (Å²) < 4.78 is 29.8. The van der Waals surface area contributed by atoms with E-state index in [-0.39, 0.29) is 29.2 Å². The number of piperazine rings is 1. The molecule has 1 aliphatic heterocycles. The minimum atomic E-state index is -0.548. The summed E-state index contributed by atoms with van der Waals surface area (Å²) in [5, 5.41) is 2.93. The van der Waals surface area contributed by atoms with Crippen LogP contribution < -0.4 is 0 Å². The third kappa shape index (κ3) is 4.09. The number of hydrogen-bond acceptors (Lipinski definition) is 3. The van der Waals surface area contributed by atoms with Crippen molar-refractivity contribution < 1.29 is 18.4 Å². The van der Waals surface area contributed by atoms with Gasteiger partial charge in [0.05, 0.1) is 5.56 Å². The number of hydrogen-bond donors (Lipinski definition) is 0. The minimum Gasteiger partial charge on any atom is -0.334 e. The molecular formula is C26H23F2N3O2S. The average molecular weight is 480 g/mol. The molecule has 0 radical (unpaired) electrons. The monoisotopic (exact) mass is 479 g/mol. The summed E-state index contributed by atoms with van der Waals surface area (Å²) in [5.74, 6) is -1.37. The van der Waals surface area contributed by atoms with Gasteiger partial charge in [0.2, 0.25) is 0 Å². The van der Waals surface area contributed by atoms with E-state index in [1.54, 1.807) is 28.0 Å². The van der Waals surface area contributed by atoms with E-state index < -0.39 is 5.82 Å². The third-order valence-corrected chi connectivity index (χ3v) is 7.18. The number of aromatic nitrogens is 1. The van der Waals surface area contributed by atoms with Crippen LogP contribution in [0.3, 0.4) is 0 Å².